The summed E-state index contributed by atoms with van der Waals surface area (Å²) in [6.45, 7) is 13.1. The molecule has 0 aliphatic carbocycles. The van der Waals surface area contributed by atoms with Crippen LogP contribution in [-0.4, -0.2) is 20.1 Å². The largest absolute Gasteiger partial charge is 0.479 e. The molecule has 3 aromatic rings. The Hall–Kier alpha value is -2.75. The maximum Gasteiger partial charge on any atom is 0.318 e. The summed E-state index contributed by atoms with van der Waals surface area (Å²) in [5, 5.41) is 10.0. The van der Waals surface area contributed by atoms with Crippen molar-refractivity contribution < 1.29 is 5.11 Å². The first-order chi connectivity index (χ1) is 12.5. The van der Waals surface area contributed by atoms with Crippen LogP contribution in [0.15, 0.2) is 48.5 Å². The third-order valence-electron chi connectivity index (χ3n) is 4.64. The summed E-state index contributed by atoms with van der Waals surface area (Å²) in [5.41, 5.74) is 4.35. The summed E-state index contributed by atoms with van der Waals surface area (Å²) in [5.74, 6) is 0.940. The van der Waals surface area contributed by atoms with Crippen molar-refractivity contribution in [2.75, 3.05) is 0 Å². The van der Waals surface area contributed by atoms with Crippen molar-refractivity contribution in [1.82, 2.24) is 15.0 Å². The Kier molecular flexibility index (Phi) is 4.77. The summed E-state index contributed by atoms with van der Waals surface area (Å²) >= 11 is 0. The molecule has 2 aromatic carbocycles. The second kappa shape index (κ2) is 6.76. The van der Waals surface area contributed by atoms with Crippen LogP contribution in [0.5, 0.6) is 6.01 Å². The van der Waals surface area contributed by atoms with Crippen molar-refractivity contribution in [3.63, 3.8) is 0 Å². The smallest absolute Gasteiger partial charge is 0.318 e. The second-order valence-corrected chi connectivity index (χ2v) is 8.94. The summed E-state index contributed by atoms with van der Waals surface area (Å²) in [4.78, 5) is 12.8. The van der Waals surface area contributed by atoms with E-state index in [0.29, 0.717) is 11.6 Å². The molecule has 4 heteroatoms. The quantitative estimate of drug-likeness (QED) is 0.654. The first-order valence-electron chi connectivity index (χ1n) is 9.21. The molecule has 0 aliphatic heterocycles. The second-order valence-electron chi connectivity index (χ2n) is 8.94. The van der Waals surface area contributed by atoms with Gasteiger partial charge < -0.3 is 5.11 Å². The third-order valence-corrected chi connectivity index (χ3v) is 4.64. The van der Waals surface area contributed by atoms with Crippen LogP contribution in [-0.2, 0) is 10.8 Å². The summed E-state index contributed by atoms with van der Waals surface area (Å²) in [7, 11) is 0. The Balaban J connectivity index is 1.97. The average molecular weight is 361 g/mol. The van der Waals surface area contributed by atoms with Gasteiger partial charge in [0, 0.05) is 11.1 Å². The minimum atomic E-state index is -0.269. The molecule has 1 aromatic heterocycles. The maximum atomic E-state index is 10.0. The molecule has 1 N–H and O–H groups in total. The van der Waals surface area contributed by atoms with Gasteiger partial charge in [0.2, 0.25) is 0 Å². The van der Waals surface area contributed by atoms with E-state index in [-0.39, 0.29) is 16.8 Å². The lowest BCUT2D eigenvalue weighted by Gasteiger charge is -2.19. The highest BCUT2D eigenvalue weighted by atomic mass is 16.3. The summed E-state index contributed by atoms with van der Waals surface area (Å²) in [6, 6.07) is 16.0. The molecule has 0 fully saturated rings. The normalized spacial score (nSPS) is 12.2. The minimum Gasteiger partial charge on any atom is -0.479 e. The van der Waals surface area contributed by atoms with Crippen molar-refractivity contribution in [2.45, 2.75) is 52.4 Å². The first kappa shape index (κ1) is 19.0. The molecule has 0 bridgehead atoms. The topological polar surface area (TPSA) is 58.9 Å². The monoisotopic (exact) mass is 361 g/mol. The van der Waals surface area contributed by atoms with E-state index in [4.69, 9.17) is 0 Å². The highest BCUT2D eigenvalue weighted by Gasteiger charge is 2.16. The van der Waals surface area contributed by atoms with Crippen LogP contribution in [0.1, 0.15) is 52.7 Å². The molecule has 0 aliphatic rings. The molecule has 27 heavy (non-hydrogen) atoms. The summed E-state index contributed by atoms with van der Waals surface area (Å²) < 4.78 is 0. The number of aromatic hydroxyl groups is 1. The Morgan fingerprint density at radius 1 is 0.556 bits per heavy atom. The molecule has 0 atom stereocenters. The highest BCUT2D eigenvalue weighted by molar-refractivity contribution is 5.62. The van der Waals surface area contributed by atoms with Gasteiger partial charge in [-0.2, -0.15) is 9.97 Å². The molecule has 0 radical (unpaired) electrons. The van der Waals surface area contributed by atoms with Crippen LogP contribution in [0.25, 0.3) is 22.8 Å². The minimum absolute atomic E-state index is 0.0831. The number of benzene rings is 2. The van der Waals surface area contributed by atoms with E-state index in [0.717, 1.165) is 11.1 Å². The first-order valence-corrected chi connectivity index (χ1v) is 9.21. The van der Waals surface area contributed by atoms with Crippen LogP contribution in [0.2, 0.25) is 0 Å². The van der Waals surface area contributed by atoms with E-state index in [9.17, 15) is 5.11 Å². The Labute approximate surface area is 161 Å². The molecular formula is C23H27N3O. The highest BCUT2D eigenvalue weighted by Crippen LogP contribution is 2.28. The van der Waals surface area contributed by atoms with E-state index in [2.05, 4.69) is 80.8 Å². The van der Waals surface area contributed by atoms with Gasteiger partial charge in [-0.3, -0.25) is 0 Å². The predicted octanol–water partition coefficient (Wildman–Crippen LogP) is 5.51. The van der Waals surface area contributed by atoms with Gasteiger partial charge in [0.05, 0.1) is 0 Å². The third kappa shape index (κ3) is 4.33. The lowest BCUT2D eigenvalue weighted by atomic mass is 9.86. The van der Waals surface area contributed by atoms with Crippen LogP contribution in [0, 0.1) is 0 Å². The van der Waals surface area contributed by atoms with Gasteiger partial charge in [0.15, 0.2) is 11.6 Å². The van der Waals surface area contributed by atoms with Crippen LogP contribution >= 0.6 is 0 Å². The maximum absolute atomic E-state index is 10.0. The van der Waals surface area contributed by atoms with Gasteiger partial charge in [-0.25, -0.2) is 4.98 Å². The van der Waals surface area contributed by atoms with E-state index in [1.165, 1.54) is 11.1 Å². The van der Waals surface area contributed by atoms with E-state index >= 15 is 0 Å². The van der Waals surface area contributed by atoms with Gasteiger partial charge in [-0.1, -0.05) is 90.1 Å². The molecule has 0 saturated carbocycles. The zero-order valence-corrected chi connectivity index (χ0v) is 16.9. The predicted molar refractivity (Wildman–Crippen MR) is 110 cm³/mol. The fourth-order valence-electron chi connectivity index (χ4n) is 2.86. The standard InChI is InChI=1S/C23H27N3O/c1-22(2,3)17-11-7-15(8-12-17)19-24-20(26-21(27)25-19)16-9-13-18(14-10-16)23(4,5)6/h7-14H,1-6H3,(H,24,25,26,27). The van der Waals surface area contributed by atoms with Gasteiger partial charge in [-0.15, -0.1) is 0 Å². The molecule has 0 unspecified atom stereocenters. The molecule has 1 heterocycles. The Morgan fingerprint density at radius 2 is 0.889 bits per heavy atom. The molecular weight excluding hydrogens is 334 g/mol. The van der Waals surface area contributed by atoms with Crippen molar-refractivity contribution in [3.05, 3.63) is 59.7 Å². The van der Waals surface area contributed by atoms with E-state index in [1.807, 2.05) is 24.3 Å². The molecule has 0 saturated heterocycles. The van der Waals surface area contributed by atoms with Crippen molar-refractivity contribution in [3.8, 4) is 28.8 Å². The number of nitrogens with zero attached hydrogens (tertiary/aromatic N) is 3. The van der Waals surface area contributed by atoms with Gasteiger partial charge in [0.1, 0.15) is 0 Å². The van der Waals surface area contributed by atoms with Crippen molar-refractivity contribution in [1.29, 1.82) is 0 Å². The van der Waals surface area contributed by atoms with E-state index < -0.39 is 0 Å². The molecule has 0 spiro atoms. The molecule has 3 rings (SSSR count). The fourth-order valence-corrected chi connectivity index (χ4v) is 2.86. The van der Waals surface area contributed by atoms with Crippen LogP contribution in [0.3, 0.4) is 0 Å². The zero-order chi connectivity index (χ0) is 19.8. The van der Waals surface area contributed by atoms with Gasteiger partial charge in [-0.05, 0) is 22.0 Å². The fraction of sp³-hybridized carbons (Fsp3) is 0.348. The molecule has 140 valence electrons. The number of hydrogen-bond acceptors (Lipinski definition) is 4. The molecule has 0 amide bonds. The molecule has 4 nitrogen and oxygen atoms in total. The van der Waals surface area contributed by atoms with E-state index in [1.54, 1.807) is 0 Å². The Morgan fingerprint density at radius 3 is 1.19 bits per heavy atom. The lowest BCUT2D eigenvalue weighted by Crippen LogP contribution is -2.10. The van der Waals surface area contributed by atoms with Gasteiger partial charge in [0.25, 0.3) is 0 Å². The van der Waals surface area contributed by atoms with Crippen molar-refractivity contribution in [2.24, 2.45) is 0 Å². The van der Waals surface area contributed by atoms with Crippen LogP contribution < -0.4 is 0 Å². The lowest BCUT2D eigenvalue weighted by molar-refractivity contribution is 0.430. The summed E-state index contributed by atoms with van der Waals surface area (Å²) in [6.07, 6.45) is 0. The number of rotatable bonds is 2. The SMILES string of the molecule is CC(C)(C)c1ccc(-c2nc(O)nc(-c3ccc(C(C)(C)C)cc3)n2)cc1. The number of hydrogen-bond donors (Lipinski definition) is 1. The number of aromatic nitrogens is 3. The Bertz CT molecular complexity index is 856. The van der Waals surface area contributed by atoms with Crippen LogP contribution in [0.4, 0.5) is 0 Å². The average Bonchev–Trinajstić information content (AvgIpc) is 2.60. The zero-order valence-electron chi connectivity index (χ0n) is 16.9. The van der Waals surface area contributed by atoms with Crippen molar-refractivity contribution >= 4 is 0 Å². The van der Waals surface area contributed by atoms with Gasteiger partial charge >= 0.3 is 6.01 Å².